The Hall–Kier alpha value is -3.88. The van der Waals surface area contributed by atoms with Crippen LogP contribution in [0.2, 0.25) is 0 Å². The van der Waals surface area contributed by atoms with E-state index in [1.807, 2.05) is 6.92 Å². The number of amides is 3. The molecular formula is C26H26N2O7. The van der Waals surface area contributed by atoms with Crippen molar-refractivity contribution in [3.63, 3.8) is 0 Å². The summed E-state index contributed by atoms with van der Waals surface area (Å²) in [5, 5.41) is 2.68. The van der Waals surface area contributed by atoms with Crippen LogP contribution in [-0.2, 0) is 9.53 Å². The predicted octanol–water partition coefficient (Wildman–Crippen LogP) is 3.92. The molecule has 2 heterocycles. The van der Waals surface area contributed by atoms with E-state index < -0.39 is 30.2 Å². The number of carbonyl (C=O) groups is 4. The number of unbranched alkanes of at least 4 members (excludes halogenated alkanes) is 1. The van der Waals surface area contributed by atoms with Gasteiger partial charge in [0.15, 0.2) is 18.1 Å². The molecule has 1 spiro atoms. The number of esters is 1. The van der Waals surface area contributed by atoms with Gasteiger partial charge in [0.1, 0.15) is 0 Å². The SMILES string of the molecule is CCCCN1C(=O)c2ccc(C(=O)OCC(=O)Nc3ccc4c(c3)OC3(CCCC3)O4)cc2C1=O. The summed E-state index contributed by atoms with van der Waals surface area (Å²) < 4.78 is 17.1. The van der Waals surface area contributed by atoms with E-state index in [2.05, 4.69) is 5.32 Å². The molecule has 0 saturated heterocycles. The number of rotatable bonds is 7. The van der Waals surface area contributed by atoms with Crippen LogP contribution in [0.5, 0.6) is 11.5 Å². The molecule has 2 aliphatic heterocycles. The number of fused-ring (bicyclic) bond motifs is 2. The predicted molar refractivity (Wildman–Crippen MR) is 125 cm³/mol. The maximum Gasteiger partial charge on any atom is 0.338 e. The lowest BCUT2D eigenvalue weighted by molar-refractivity contribution is -0.119. The molecule has 9 heteroatoms. The van der Waals surface area contributed by atoms with Crippen LogP contribution in [0, 0.1) is 0 Å². The van der Waals surface area contributed by atoms with Gasteiger partial charge >= 0.3 is 5.97 Å². The van der Waals surface area contributed by atoms with Crippen molar-refractivity contribution < 1.29 is 33.4 Å². The Morgan fingerprint density at radius 3 is 2.51 bits per heavy atom. The highest BCUT2D eigenvalue weighted by Crippen LogP contribution is 2.47. The zero-order valence-electron chi connectivity index (χ0n) is 19.4. The van der Waals surface area contributed by atoms with Crippen LogP contribution in [0.3, 0.4) is 0 Å². The van der Waals surface area contributed by atoms with Gasteiger partial charge < -0.3 is 19.5 Å². The minimum Gasteiger partial charge on any atom is -0.452 e. The summed E-state index contributed by atoms with van der Waals surface area (Å²) in [6.07, 6.45) is 5.32. The maximum absolute atomic E-state index is 12.6. The molecule has 2 aromatic carbocycles. The van der Waals surface area contributed by atoms with Crippen LogP contribution in [0.25, 0.3) is 0 Å². The Morgan fingerprint density at radius 2 is 1.74 bits per heavy atom. The second-order valence-corrected chi connectivity index (χ2v) is 8.98. The van der Waals surface area contributed by atoms with Gasteiger partial charge in [-0.3, -0.25) is 19.3 Å². The number of hydrogen-bond donors (Lipinski definition) is 1. The number of carbonyl (C=O) groups excluding carboxylic acids is 4. The third-order valence-electron chi connectivity index (χ3n) is 6.46. The van der Waals surface area contributed by atoms with E-state index in [0.717, 1.165) is 32.1 Å². The van der Waals surface area contributed by atoms with Crippen molar-refractivity contribution in [2.75, 3.05) is 18.5 Å². The Morgan fingerprint density at radius 1 is 1.00 bits per heavy atom. The maximum atomic E-state index is 12.6. The van der Waals surface area contributed by atoms with Gasteiger partial charge in [-0.05, 0) is 49.6 Å². The van der Waals surface area contributed by atoms with Gasteiger partial charge in [-0.2, -0.15) is 0 Å². The van der Waals surface area contributed by atoms with E-state index in [0.29, 0.717) is 30.2 Å². The minimum atomic E-state index is -0.760. The average Bonchev–Trinajstić information content (AvgIpc) is 3.52. The first kappa shape index (κ1) is 22.9. The molecular weight excluding hydrogens is 452 g/mol. The highest BCUT2D eigenvalue weighted by atomic mass is 16.7. The van der Waals surface area contributed by atoms with E-state index in [1.165, 1.54) is 23.1 Å². The molecule has 3 amide bonds. The molecule has 0 aromatic heterocycles. The van der Waals surface area contributed by atoms with Crippen LogP contribution in [0.1, 0.15) is 76.5 Å². The fourth-order valence-electron chi connectivity index (χ4n) is 4.64. The standard InChI is InChI=1S/C26H26N2O7/c1-2-3-12-28-23(30)18-8-6-16(13-19(18)24(28)31)25(32)33-15-22(29)27-17-7-9-20-21(14-17)35-26(34-20)10-4-5-11-26/h6-9,13-14H,2-5,10-12,15H2,1H3,(H,27,29). The number of imide groups is 1. The van der Waals surface area contributed by atoms with Crippen molar-refractivity contribution in [1.29, 1.82) is 0 Å². The van der Waals surface area contributed by atoms with Gasteiger partial charge in [-0.1, -0.05) is 13.3 Å². The first-order valence-corrected chi connectivity index (χ1v) is 11.9. The van der Waals surface area contributed by atoms with Crippen molar-refractivity contribution >= 4 is 29.4 Å². The third kappa shape index (κ3) is 4.34. The van der Waals surface area contributed by atoms with Gasteiger partial charge in [0.05, 0.1) is 16.7 Å². The largest absolute Gasteiger partial charge is 0.452 e. The zero-order valence-corrected chi connectivity index (χ0v) is 19.4. The van der Waals surface area contributed by atoms with Crippen LogP contribution in [0.4, 0.5) is 5.69 Å². The fraction of sp³-hybridized carbons (Fsp3) is 0.385. The molecule has 0 radical (unpaired) electrons. The summed E-state index contributed by atoms with van der Waals surface area (Å²) in [4.78, 5) is 51.1. The molecule has 2 aromatic rings. The molecule has 1 aliphatic carbocycles. The monoisotopic (exact) mass is 478 g/mol. The minimum absolute atomic E-state index is 0.0972. The Labute approximate surface area is 202 Å². The summed E-state index contributed by atoms with van der Waals surface area (Å²) in [6, 6.07) is 9.35. The first-order valence-electron chi connectivity index (χ1n) is 11.9. The zero-order chi connectivity index (χ0) is 24.6. The number of benzene rings is 2. The normalized spacial score (nSPS) is 17.1. The third-order valence-corrected chi connectivity index (χ3v) is 6.46. The summed E-state index contributed by atoms with van der Waals surface area (Å²) in [5.74, 6) is -1.43. The van der Waals surface area contributed by atoms with Crippen LogP contribution < -0.4 is 14.8 Å². The summed E-state index contributed by atoms with van der Waals surface area (Å²) in [7, 11) is 0. The molecule has 3 aliphatic rings. The fourth-order valence-corrected chi connectivity index (χ4v) is 4.64. The highest BCUT2D eigenvalue weighted by molar-refractivity contribution is 6.22. The van der Waals surface area contributed by atoms with Gasteiger partial charge in [-0.15, -0.1) is 0 Å². The van der Waals surface area contributed by atoms with Gasteiger partial charge in [0.25, 0.3) is 23.5 Å². The van der Waals surface area contributed by atoms with E-state index in [-0.39, 0.29) is 22.6 Å². The molecule has 1 N–H and O–H groups in total. The lowest BCUT2D eigenvalue weighted by atomic mass is 10.1. The molecule has 35 heavy (non-hydrogen) atoms. The number of nitrogens with zero attached hydrogens (tertiary/aromatic N) is 1. The van der Waals surface area contributed by atoms with E-state index in [9.17, 15) is 19.2 Å². The quantitative estimate of drug-likeness (QED) is 0.474. The molecule has 0 atom stereocenters. The highest BCUT2D eigenvalue weighted by Gasteiger charge is 2.44. The van der Waals surface area contributed by atoms with E-state index >= 15 is 0 Å². The second kappa shape index (κ2) is 9.05. The summed E-state index contributed by atoms with van der Waals surface area (Å²) in [6.45, 7) is 1.80. The summed E-state index contributed by atoms with van der Waals surface area (Å²) in [5.41, 5.74) is 1.03. The van der Waals surface area contributed by atoms with Crippen molar-refractivity contribution in [2.45, 2.75) is 51.2 Å². The van der Waals surface area contributed by atoms with E-state index in [1.54, 1.807) is 18.2 Å². The van der Waals surface area contributed by atoms with Crippen molar-refractivity contribution in [1.82, 2.24) is 4.90 Å². The van der Waals surface area contributed by atoms with Crippen LogP contribution >= 0.6 is 0 Å². The van der Waals surface area contributed by atoms with Gasteiger partial charge in [-0.25, -0.2) is 4.79 Å². The number of nitrogens with one attached hydrogen (secondary N) is 1. The number of ether oxygens (including phenoxy) is 3. The smallest absolute Gasteiger partial charge is 0.338 e. The second-order valence-electron chi connectivity index (χ2n) is 8.98. The lowest BCUT2D eigenvalue weighted by Crippen LogP contribution is -2.34. The van der Waals surface area contributed by atoms with Crippen LogP contribution in [0.15, 0.2) is 36.4 Å². The number of anilines is 1. The molecule has 5 rings (SSSR count). The average molecular weight is 479 g/mol. The Bertz CT molecular complexity index is 1220. The van der Waals surface area contributed by atoms with Crippen molar-refractivity contribution in [3.05, 3.63) is 53.1 Å². The van der Waals surface area contributed by atoms with Gasteiger partial charge in [0.2, 0.25) is 0 Å². The lowest BCUT2D eigenvalue weighted by Gasteiger charge is -2.21. The van der Waals surface area contributed by atoms with Crippen molar-refractivity contribution in [2.24, 2.45) is 0 Å². The first-order chi connectivity index (χ1) is 16.9. The summed E-state index contributed by atoms with van der Waals surface area (Å²) >= 11 is 0. The molecule has 182 valence electrons. The molecule has 9 nitrogen and oxygen atoms in total. The molecule has 1 saturated carbocycles. The number of hydrogen-bond acceptors (Lipinski definition) is 7. The molecule has 0 bridgehead atoms. The molecule has 0 unspecified atom stereocenters. The Balaban J connectivity index is 1.18. The van der Waals surface area contributed by atoms with Crippen molar-refractivity contribution in [3.8, 4) is 11.5 Å². The van der Waals surface area contributed by atoms with Crippen LogP contribution in [-0.4, -0.2) is 47.5 Å². The van der Waals surface area contributed by atoms with Gasteiger partial charge in [0, 0.05) is 31.1 Å². The topological polar surface area (TPSA) is 111 Å². The molecule has 1 fully saturated rings. The van der Waals surface area contributed by atoms with E-state index in [4.69, 9.17) is 14.2 Å². The Kier molecular flexibility index (Phi) is 5.92.